The van der Waals surface area contributed by atoms with Crippen molar-refractivity contribution in [3.63, 3.8) is 0 Å². The molecule has 2 bridgehead atoms. The van der Waals surface area contributed by atoms with Crippen LogP contribution in [0, 0.1) is 18.3 Å². The van der Waals surface area contributed by atoms with Gasteiger partial charge in [0.2, 0.25) is 0 Å². The fraction of sp³-hybridized carbons (Fsp3) is 0.579. The Bertz CT molecular complexity index is 583. The molecule has 2 saturated heterocycles. The predicted octanol–water partition coefficient (Wildman–Crippen LogP) is 1.61. The van der Waals surface area contributed by atoms with Crippen LogP contribution in [-0.4, -0.2) is 53.8 Å². The first-order valence-electron chi connectivity index (χ1n) is 8.33. The first kappa shape index (κ1) is 17.4. The zero-order valence-corrected chi connectivity index (χ0v) is 14.2. The maximum atomic E-state index is 10.9. The summed E-state index contributed by atoms with van der Waals surface area (Å²) < 4.78 is 11.7. The average molecular weight is 331 g/mol. The van der Waals surface area contributed by atoms with Gasteiger partial charge in [-0.15, -0.1) is 6.42 Å². The van der Waals surface area contributed by atoms with E-state index in [0.29, 0.717) is 19.8 Å². The van der Waals surface area contributed by atoms with Gasteiger partial charge in [0, 0.05) is 12.5 Å². The highest BCUT2D eigenvalue weighted by Crippen LogP contribution is 2.40. The second-order valence-electron chi connectivity index (χ2n) is 6.92. The number of hydrogen-bond donors (Lipinski definition) is 1. The summed E-state index contributed by atoms with van der Waals surface area (Å²) >= 11 is 0. The van der Waals surface area contributed by atoms with E-state index in [-0.39, 0.29) is 24.7 Å². The van der Waals surface area contributed by atoms with Crippen LogP contribution in [0.15, 0.2) is 30.3 Å². The number of aliphatic hydroxyl groups is 1. The van der Waals surface area contributed by atoms with Crippen LogP contribution in [0.4, 0.5) is 0 Å². The number of terminal acetylenes is 1. The van der Waals surface area contributed by atoms with Crippen molar-refractivity contribution in [2.45, 2.75) is 44.2 Å². The van der Waals surface area contributed by atoms with Crippen molar-refractivity contribution >= 4 is 0 Å². The zero-order chi connectivity index (χ0) is 17.2. The topological polar surface area (TPSA) is 51.2 Å². The van der Waals surface area contributed by atoms with E-state index in [0.717, 1.165) is 5.56 Å². The lowest BCUT2D eigenvalue weighted by Gasteiger charge is -2.55. The molecule has 0 amide bonds. The van der Waals surface area contributed by atoms with Crippen molar-refractivity contribution in [1.82, 2.24) is 5.06 Å². The SMILES string of the molecule is C#CCOC[C@H]1OC(C)(C)[C@H]2CON(Cc3ccccc3)[C@H]1[C@H]2O. The number of ether oxygens (including phenoxy) is 2. The number of benzene rings is 1. The van der Waals surface area contributed by atoms with E-state index in [1.165, 1.54) is 0 Å². The van der Waals surface area contributed by atoms with Crippen molar-refractivity contribution in [2.24, 2.45) is 5.92 Å². The average Bonchev–Trinajstić information content (AvgIpc) is 2.54. The number of aliphatic hydroxyl groups excluding tert-OH is 1. The smallest absolute Gasteiger partial charge is 0.107 e. The summed E-state index contributed by atoms with van der Waals surface area (Å²) in [5, 5.41) is 12.7. The Morgan fingerprint density at radius 1 is 1.38 bits per heavy atom. The summed E-state index contributed by atoms with van der Waals surface area (Å²) in [6, 6.07) is 9.76. The van der Waals surface area contributed by atoms with Crippen LogP contribution < -0.4 is 0 Å². The van der Waals surface area contributed by atoms with E-state index in [4.69, 9.17) is 20.7 Å². The second-order valence-corrected chi connectivity index (χ2v) is 6.92. The molecule has 0 unspecified atom stereocenters. The maximum absolute atomic E-state index is 10.9. The third kappa shape index (κ3) is 3.49. The highest BCUT2D eigenvalue weighted by molar-refractivity contribution is 5.15. The third-order valence-electron chi connectivity index (χ3n) is 4.89. The number of hydrogen-bond acceptors (Lipinski definition) is 5. The molecule has 5 nitrogen and oxygen atoms in total. The molecule has 24 heavy (non-hydrogen) atoms. The summed E-state index contributed by atoms with van der Waals surface area (Å²) in [6.45, 7) is 5.56. The molecular formula is C19H25NO4. The lowest BCUT2D eigenvalue weighted by molar-refractivity contribution is -0.350. The van der Waals surface area contributed by atoms with Gasteiger partial charge in [-0.05, 0) is 19.4 Å². The van der Waals surface area contributed by atoms with Gasteiger partial charge in [0.25, 0.3) is 0 Å². The molecule has 2 aliphatic rings. The van der Waals surface area contributed by atoms with E-state index in [1.54, 1.807) is 0 Å². The molecule has 4 atom stereocenters. The van der Waals surface area contributed by atoms with Gasteiger partial charge in [-0.25, -0.2) is 0 Å². The molecule has 0 aromatic heterocycles. The van der Waals surface area contributed by atoms with E-state index < -0.39 is 11.7 Å². The molecule has 1 N–H and O–H groups in total. The van der Waals surface area contributed by atoms with Crippen molar-refractivity contribution < 1.29 is 19.4 Å². The minimum Gasteiger partial charge on any atom is -0.391 e. The van der Waals surface area contributed by atoms with Crippen LogP contribution in [0.3, 0.4) is 0 Å². The molecule has 1 aromatic rings. The van der Waals surface area contributed by atoms with Gasteiger partial charge < -0.3 is 14.6 Å². The van der Waals surface area contributed by atoms with Crippen molar-refractivity contribution in [1.29, 1.82) is 0 Å². The summed E-state index contributed by atoms with van der Waals surface area (Å²) in [5.41, 5.74) is 0.648. The molecule has 1 aromatic carbocycles. The van der Waals surface area contributed by atoms with Crippen LogP contribution in [0.5, 0.6) is 0 Å². The van der Waals surface area contributed by atoms with Gasteiger partial charge in [0.15, 0.2) is 0 Å². The highest BCUT2D eigenvalue weighted by Gasteiger charge is 2.54. The Hall–Kier alpha value is -1.42. The maximum Gasteiger partial charge on any atom is 0.107 e. The first-order chi connectivity index (χ1) is 11.5. The number of fused-ring (bicyclic) bond motifs is 2. The van der Waals surface area contributed by atoms with Crippen LogP contribution in [0.1, 0.15) is 19.4 Å². The summed E-state index contributed by atoms with van der Waals surface area (Å²) in [4.78, 5) is 5.99. The van der Waals surface area contributed by atoms with E-state index in [2.05, 4.69) is 5.92 Å². The molecule has 2 aliphatic heterocycles. The summed E-state index contributed by atoms with van der Waals surface area (Å²) in [7, 11) is 0. The second kappa shape index (κ2) is 7.22. The lowest BCUT2D eigenvalue weighted by Crippen LogP contribution is -2.69. The van der Waals surface area contributed by atoms with Crippen LogP contribution >= 0.6 is 0 Å². The molecule has 0 radical (unpaired) electrons. The molecule has 0 saturated carbocycles. The van der Waals surface area contributed by atoms with Gasteiger partial charge in [-0.3, -0.25) is 4.84 Å². The third-order valence-corrected chi connectivity index (χ3v) is 4.89. The highest BCUT2D eigenvalue weighted by atomic mass is 16.7. The molecule has 2 fully saturated rings. The van der Waals surface area contributed by atoms with Crippen molar-refractivity contribution in [3.05, 3.63) is 35.9 Å². The summed E-state index contributed by atoms with van der Waals surface area (Å²) in [6.07, 6.45) is 4.42. The van der Waals surface area contributed by atoms with E-state index in [9.17, 15) is 5.11 Å². The largest absolute Gasteiger partial charge is 0.391 e. The van der Waals surface area contributed by atoms with Gasteiger partial charge in [-0.2, -0.15) is 5.06 Å². The first-order valence-corrected chi connectivity index (χ1v) is 8.33. The fourth-order valence-electron chi connectivity index (χ4n) is 3.61. The summed E-state index contributed by atoms with van der Waals surface area (Å²) in [5.74, 6) is 2.39. The number of nitrogens with zero attached hydrogens (tertiary/aromatic N) is 1. The molecular weight excluding hydrogens is 306 g/mol. The zero-order valence-electron chi connectivity index (χ0n) is 14.2. The lowest BCUT2D eigenvalue weighted by atomic mass is 9.77. The molecule has 0 aliphatic carbocycles. The Labute approximate surface area is 143 Å². The van der Waals surface area contributed by atoms with E-state index in [1.807, 2.05) is 49.2 Å². The Kier molecular flexibility index (Phi) is 5.24. The van der Waals surface area contributed by atoms with Gasteiger partial charge in [0.1, 0.15) is 12.7 Å². The van der Waals surface area contributed by atoms with Gasteiger partial charge in [0.05, 0.1) is 31.0 Å². The number of hydroxylamine groups is 2. The van der Waals surface area contributed by atoms with Crippen molar-refractivity contribution in [3.8, 4) is 12.3 Å². The fourth-order valence-corrected chi connectivity index (χ4v) is 3.61. The van der Waals surface area contributed by atoms with Crippen LogP contribution in [0.25, 0.3) is 0 Å². The predicted molar refractivity (Wildman–Crippen MR) is 89.8 cm³/mol. The van der Waals surface area contributed by atoms with Gasteiger partial charge in [-0.1, -0.05) is 36.3 Å². The van der Waals surface area contributed by atoms with Gasteiger partial charge >= 0.3 is 0 Å². The van der Waals surface area contributed by atoms with E-state index >= 15 is 0 Å². The standard InChI is InChI=1S/C19H25NO4/c1-4-10-22-13-16-17-18(21)15(19(2,3)24-16)12-23-20(17)11-14-8-6-5-7-9-14/h1,5-9,15-18,21H,10-13H2,2-3H3/t15-,16+,17+,18-/m0/s1. The monoisotopic (exact) mass is 331 g/mol. The Balaban J connectivity index is 1.78. The molecule has 130 valence electrons. The minimum absolute atomic E-state index is 0.0709. The van der Waals surface area contributed by atoms with Crippen LogP contribution in [0.2, 0.25) is 0 Å². The van der Waals surface area contributed by atoms with Crippen LogP contribution in [-0.2, 0) is 20.9 Å². The Morgan fingerprint density at radius 2 is 2.12 bits per heavy atom. The normalized spacial score (nSPS) is 32.2. The molecule has 5 heteroatoms. The Morgan fingerprint density at radius 3 is 2.83 bits per heavy atom. The quantitative estimate of drug-likeness (QED) is 0.656. The number of rotatable bonds is 5. The van der Waals surface area contributed by atoms with Crippen molar-refractivity contribution in [2.75, 3.05) is 19.8 Å². The molecule has 3 rings (SSSR count). The molecule has 2 heterocycles. The molecule has 0 spiro atoms. The minimum atomic E-state index is -0.536.